The summed E-state index contributed by atoms with van der Waals surface area (Å²) < 4.78 is 13.5. The standard InChI is InChI=1S/C7H7BrFP/c1-10-6-4-2-3-5(8)7(6)9/h2-4,10H,1H3. The normalized spacial score (nSPS) is 11.1. The molecule has 54 valence electrons. The third-order valence-electron chi connectivity index (χ3n) is 1.22. The van der Waals surface area contributed by atoms with Crippen LogP contribution in [0, 0.1) is 5.82 Å². The van der Waals surface area contributed by atoms with Crippen molar-refractivity contribution in [3.05, 3.63) is 28.5 Å². The first-order valence-corrected chi connectivity index (χ1v) is 5.16. The highest BCUT2D eigenvalue weighted by Gasteiger charge is 2.01. The molecule has 0 saturated heterocycles. The first-order chi connectivity index (χ1) is 4.75. The van der Waals surface area contributed by atoms with E-state index < -0.39 is 0 Å². The molecule has 1 unspecified atom stereocenters. The lowest BCUT2D eigenvalue weighted by Crippen LogP contribution is -1.99. The Labute approximate surface area is 69.7 Å². The first-order valence-electron chi connectivity index (χ1n) is 2.87. The topological polar surface area (TPSA) is 0 Å². The Morgan fingerprint density at radius 3 is 2.70 bits per heavy atom. The average molecular weight is 221 g/mol. The molecule has 0 radical (unpaired) electrons. The molecule has 1 rings (SSSR count). The SMILES string of the molecule is CPc1cccc(Br)c1F. The van der Waals surface area contributed by atoms with Gasteiger partial charge in [-0.25, -0.2) is 4.39 Å². The van der Waals surface area contributed by atoms with Gasteiger partial charge in [-0.05, 0) is 28.7 Å². The van der Waals surface area contributed by atoms with Gasteiger partial charge in [-0.1, -0.05) is 20.7 Å². The van der Waals surface area contributed by atoms with Gasteiger partial charge < -0.3 is 0 Å². The fraction of sp³-hybridized carbons (Fsp3) is 0.143. The van der Waals surface area contributed by atoms with E-state index in [0.717, 1.165) is 5.30 Å². The van der Waals surface area contributed by atoms with E-state index in [4.69, 9.17) is 0 Å². The summed E-state index contributed by atoms with van der Waals surface area (Å²) in [4.78, 5) is 0. The van der Waals surface area contributed by atoms with Crippen LogP contribution in [0.3, 0.4) is 0 Å². The van der Waals surface area contributed by atoms with Crippen LogP contribution in [0.15, 0.2) is 22.7 Å². The van der Waals surface area contributed by atoms with Crippen molar-refractivity contribution in [1.29, 1.82) is 0 Å². The monoisotopic (exact) mass is 220 g/mol. The molecule has 0 N–H and O–H groups in total. The zero-order chi connectivity index (χ0) is 7.56. The number of hydrogen-bond donors (Lipinski definition) is 0. The highest BCUT2D eigenvalue weighted by Crippen LogP contribution is 2.16. The lowest BCUT2D eigenvalue weighted by molar-refractivity contribution is 0.630. The zero-order valence-electron chi connectivity index (χ0n) is 5.49. The van der Waals surface area contributed by atoms with E-state index in [9.17, 15) is 4.39 Å². The molecule has 0 nitrogen and oxygen atoms in total. The summed E-state index contributed by atoms with van der Waals surface area (Å²) in [6, 6.07) is 5.36. The Kier molecular flexibility index (Phi) is 2.82. The first kappa shape index (κ1) is 8.16. The third kappa shape index (κ3) is 1.56. The van der Waals surface area contributed by atoms with Crippen LogP contribution in [-0.4, -0.2) is 6.66 Å². The Bertz CT molecular complexity index is 237. The Balaban J connectivity index is 3.14. The number of benzene rings is 1. The molecule has 1 atom stereocenters. The van der Waals surface area contributed by atoms with Crippen molar-refractivity contribution in [2.24, 2.45) is 0 Å². The average Bonchev–Trinajstić information content (AvgIpc) is 1.95. The molecular formula is C7H7BrFP. The van der Waals surface area contributed by atoms with E-state index in [1.165, 1.54) is 0 Å². The molecule has 0 aliphatic rings. The van der Waals surface area contributed by atoms with Gasteiger partial charge in [0.15, 0.2) is 0 Å². The minimum atomic E-state index is -0.122. The van der Waals surface area contributed by atoms with E-state index >= 15 is 0 Å². The van der Waals surface area contributed by atoms with Crippen molar-refractivity contribution < 1.29 is 4.39 Å². The van der Waals surface area contributed by atoms with E-state index in [2.05, 4.69) is 15.9 Å². The molecule has 0 heterocycles. The molecular weight excluding hydrogens is 214 g/mol. The van der Waals surface area contributed by atoms with Crippen LogP contribution in [0.5, 0.6) is 0 Å². The van der Waals surface area contributed by atoms with Crippen LogP contribution in [0.1, 0.15) is 0 Å². The molecule has 0 aliphatic heterocycles. The van der Waals surface area contributed by atoms with Crippen LogP contribution in [0.25, 0.3) is 0 Å². The molecule has 0 amide bonds. The predicted octanol–water partition coefficient (Wildman–Crippen LogP) is 2.52. The van der Waals surface area contributed by atoms with Gasteiger partial charge in [0.2, 0.25) is 0 Å². The molecule has 0 bridgehead atoms. The summed E-state index contributed by atoms with van der Waals surface area (Å²) in [5, 5.41) is 0.786. The van der Waals surface area contributed by atoms with Crippen molar-refractivity contribution in [2.45, 2.75) is 0 Å². The van der Waals surface area contributed by atoms with Gasteiger partial charge in [0.1, 0.15) is 5.82 Å². The van der Waals surface area contributed by atoms with Gasteiger partial charge in [-0.15, -0.1) is 0 Å². The largest absolute Gasteiger partial charge is 0.205 e. The van der Waals surface area contributed by atoms with E-state index in [1.54, 1.807) is 12.1 Å². The van der Waals surface area contributed by atoms with Gasteiger partial charge in [-0.2, -0.15) is 0 Å². The van der Waals surface area contributed by atoms with E-state index in [0.29, 0.717) is 13.1 Å². The van der Waals surface area contributed by atoms with Crippen LogP contribution < -0.4 is 5.30 Å². The quantitative estimate of drug-likeness (QED) is 0.639. The Morgan fingerprint density at radius 1 is 1.50 bits per heavy atom. The van der Waals surface area contributed by atoms with Crippen LogP contribution in [0.2, 0.25) is 0 Å². The van der Waals surface area contributed by atoms with E-state index in [1.807, 2.05) is 12.7 Å². The van der Waals surface area contributed by atoms with Gasteiger partial charge in [-0.3, -0.25) is 0 Å². The molecule has 1 aromatic carbocycles. The fourth-order valence-electron chi connectivity index (χ4n) is 0.697. The molecule has 1 aromatic rings. The highest BCUT2D eigenvalue weighted by molar-refractivity contribution is 9.10. The summed E-state index contributed by atoms with van der Waals surface area (Å²) in [6.45, 7) is 1.96. The van der Waals surface area contributed by atoms with Crippen LogP contribution in [0.4, 0.5) is 4.39 Å². The second kappa shape index (κ2) is 3.45. The third-order valence-corrected chi connectivity index (χ3v) is 2.76. The summed E-state index contributed by atoms with van der Waals surface area (Å²) in [5.74, 6) is -0.122. The van der Waals surface area contributed by atoms with Gasteiger partial charge in [0.05, 0.1) is 4.47 Å². The van der Waals surface area contributed by atoms with Gasteiger partial charge in [0.25, 0.3) is 0 Å². The van der Waals surface area contributed by atoms with E-state index in [-0.39, 0.29) is 5.82 Å². The zero-order valence-corrected chi connectivity index (χ0v) is 8.07. The Hall–Kier alpha value is 0.0600. The summed E-state index contributed by atoms with van der Waals surface area (Å²) >= 11 is 3.12. The van der Waals surface area contributed by atoms with Gasteiger partial charge in [0, 0.05) is 5.30 Å². The van der Waals surface area contributed by atoms with Crippen molar-refractivity contribution in [1.82, 2.24) is 0 Å². The number of rotatable bonds is 1. The van der Waals surface area contributed by atoms with Gasteiger partial charge >= 0.3 is 0 Å². The van der Waals surface area contributed by atoms with Crippen LogP contribution >= 0.6 is 24.5 Å². The lowest BCUT2D eigenvalue weighted by Gasteiger charge is -1.99. The number of hydrogen-bond acceptors (Lipinski definition) is 0. The molecule has 0 aliphatic carbocycles. The highest BCUT2D eigenvalue weighted by atomic mass is 79.9. The maximum Gasteiger partial charge on any atom is 0.144 e. The molecule has 0 fully saturated rings. The van der Waals surface area contributed by atoms with Crippen molar-refractivity contribution in [3.63, 3.8) is 0 Å². The van der Waals surface area contributed by atoms with Crippen molar-refractivity contribution >= 4 is 29.8 Å². The molecule has 10 heavy (non-hydrogen) atoms. The summed E-state index contributed by atoms with van der Waals surface area (Å²) in [5.41, 5.74) is 0. The second-order valence-electron chi connectivity index (χ2n) is 1.85. The van der Waals surface area contributed by atoms with Crippen molar-refractivity contribution in [3.8, 4) is 0 Å². The molecule has 0 saturated carbocycles. The second-order valence-corrected chi connectivity index (χ2v) is 3.74. The van der Waals surface area contributed by atoms with Crippen LogP contribution in [-0.2, 0) is 0 Å². The minimum absolute atomic E-state index is 0.122. The van der Waals surface area contributed by atoms with Crippen molar-refractivity contribution in [2.75, 3.05) is 6.66 Å². The smallest absolute Gasteiger partial charge is 0.144 e. The minimum Gasteiger partial charge on any atom is -0.205 e. The maximum absolute atomic E-state index is 13.0. The maximum atomic E-state index is 13.0. The lowest BCUT2D eigenvalue weighted by atomic mass is 10.3. The molecule has 0 aromatic heterocycles. The predicted molar refractivity (Wildman–Crippen MR) is 48.0 cm³/mol. The summed E-state index contributed by atoms with van der Waals surface area (Å²) in [7, 11) is 0.520. The number of halogens is 2. The molecule has 3 heteroatoms. The summed E-state index contributed by atoms with van der Waals surface area (Å²) in [6.07, 6.45) is 0. The Morgan fingerprint density at radius 2 is 2.20 bits per heavy atom. The fourth-order valence-corrected chi connectivity index (χ4v) is 1.86. The molecule has 0 spiro atoms.